The second-order valence-corrected chi connectivity index (χ2v) is 10.6. The zero-order valence-electron chi connectivity index (χ0n) is 20.9. The molecule has 5 atom stereocenters. The molecule has 2 aliphatic carbocycles. The zero-order chi connectivity index (χ0) is 25.7. The molecule has 0 unspecified atom stereocenters. The number of halogens is 1. The average molecular weight is 522 g/mol. The molecule has 3 aliphatic rings. The van der Waals surface area contributed by atoms with Crippen LogP contribution in [0.5, 0.6) is 0 Å². The van der Waals surface area contributed by atoms with Crippen molar-refractivity contribution in [3.63, 3.8) is 0 Å². The summed E-state index contributed by atoms with van der Waals surface area (Å²) in [6.45, 7) is 4.44. The van der Waals surface area contributed by atoms with E-state index < -0.39 is 5.79 Å². The quantitative estimate of drug-likeness (QED) is 0.382. The SMILES string of the molecule is COC(=O)CCC#Cc1nc(NCc2cccc(Cl)c2)c2ncn([C@@H]3[C@H]4C[C@H]4[C@H]4OC(C)(C)O[C@H]43)c2n1. The predicted molar refractivity (Wildman–Crippen MR) is 137 cm³/mol. The lowest BCUT2D eigenvalue weighted by atomic mass is 10.1. The molecule has 0 spiro atoms. The van der Waals surface area contributed by atoms with Crippen LogP contribution in [-0.2, 0) is 25.5 Å². The number of benzene rings is 1. The van der Waals surface area contributed by atoms with Gasteiger partial charge in [0.25, 0.3) is 0 Å². The normalized spacial score (nSPS) is 26.8. The van der Waals surface area contributed by atoms with E-state index in [1.165, 1.54) is 7.11 Å². The highest BCUT2D eigenvalue weighted by Crippen LogP contribution is 2.63. The lowest BCUT2D eigenvalue weighted by Gasteiger charge is -2.24. The van der Waals surface area contributed by atoms with Crippen LogP contribution in [-0.4, -0.2) is 50.6 Å². The standard InChI is InChI=1S/C27H28ClN5O4/c1-27(2)36-23-18-12-17(18)22(24(23)37-27)33-14-30-21-25(29-13-15-7-6-8-16(28)11-15)31-19(32-26(21)33)9-4-5-10-20(34)35-3/h6-8,11,14,17-18,22-24H,5,10,12-13H2,1-3H3,(H,29,31,32)/t17-,18+,22+,23+,24-/m0/s1. The summed E-state index contributed by atoms with van der Waals surface area (Å²) in [5.74, 6) is 7.01. The third-order valence-corrected chi connectivity index (χ3v) is 7.46. The lowest BCUT2D eigenvalue weighted by Crippen LogP contribution is -2.30. The van der Waals surface area contributed by atoms with E-state index in [0.717, 1.165) is 12.0 Å². The monoisotopic (exact) mass is 521 g/mol. The first kappa shape index (κ1) is 24.2. The Morgan fingerprint density at radius 2 is 2.11 bits per heavy atom. The van der Waals surface area contributed by atoms with E-state index in [2.05, 4.69) is 26.7 Å². The van der Waals surface area contributed by atoms with E-state index in [4.69, 9.17) is 35.8 Å². The van der Waals surface area contributed by atoms with Crippen LogP contribution in [0.3, 0.4) is 0 Å². The maximum Gasteiger partial charge on any atom is 0.306 e. The van der Waals surface area contributed by atoms with Crippen LogP contribution in [0.1, 0.15) is 50.5 Å². The number of ether oxygens (including phenoxy) is 3. The van der Waals surface area contributed by atoms with E-state index in [1.807, 2.05) is 44.4 Å². The van der Waals surface area contributed by atoms with Crippen molar-refractivity contribution in [1.29, 1.82) is 0 Å². The Kier molecular flexibility index (Phi) is 6.06. The molecule has 1 aliphatic heterocycles. The summed E-state index contributed by atoms with van der Waals surface area (Å²) in [6, 6.07) is 7.74. The summed E-state index contributed by atoms with van der Waals surface area (Å²) in [7, 11) is 1.37. The Hall–Kier alpha value is -3.19. The number of methoxy groups -OCH3 is 1. The maximum atomic E-state index is 11.4. The molecule has 3 fully saturated rings. The van der Waals surface area contributed by atoms with Gasteiger partial charge in [-0.15, -0.1) is 0 Å². The van der Waals surface area contributed by atoms with E-state index in [9.17, 15) is 4.79 Å². The highest BCUT2D eigenvalue weighted by molar-refractivity contribution is 6.30. The maximum absolute atomic E-state index is 11.4. The molecular weight excluding hydrogens is 494 g/mol. The summed E-state index contributed by atoms with van der Waals surface area (Å²) >= 11 is 6.17. The molecule has 0 amide bonds. The Bertz CT molecular complexity index is 1430. The lowest BCUT2D eigenvalue weighted by molar-refractivity contribution is -0.156. The third-order valence-electron chi connectivity index (χ3n) is 7.23. The van der Waals surface area contributed by atoms with Crippen LogP contribution >= 0.6 is 11.6 Å². The predicted octanol–water partition coefficient (Wildman–Crippen LogP) is 4.11. The smallest absolute Gasteiger partial charge is 0.306 e. The second-order valence-electron chi connectivity index (χ2n) is 10.2. The number of nitrogens with one attached hydrogen (secondary N) is 1. The van der Waals surface area contributed by atoms with Gasteiger partial charge < -0.3 is 24.1 Å². The van der Waals surface area contributed by atoms with Crippen LogP contribution in [0, 0.1) is 23.7 Å². The fourth-order valence-corrected chi connectivity index (χ4v) is 5.79. The van der Waals surface area contributed by atoms with Gasteiger partial charge in [0.05, 0.1) is 32.0 Å². The first-order valence-electron chi connectivity index (χ1n) is 12.5. The number of fused-ring (bicyclic) bond motifs is 4. The van der Waals surface area contributed by atoms with E-state index in [1.54, 1.807) is 0 Å². The Morgan fingerprint density at radius 1 is 1.27 bits per heavy atom. The number of rotatable bonds is 6. The van der Waals surface area contributed by atoms with Crippen LogP contribution in [0.2, 0.25) is 5.02 Å². The van der Waals surface area contributed by atoms with Crippen LogP contribution in [0.4, 0.5) is 5.82 Å². The Balaban J connectivity index is 1.35. The van der Waals surface area contributed by atoms with Gasteiger partial charge in [0.15, 0.2) is 22.8 Å². The summed E-state index contributed by atoms with van der Waals surface area (Å²) in [5.41, 5.74) is 2.38. The molecule has 1 aromatic carbocycles. The van der Waals surface area contributed by atoms with Crippen molar-refractivity contribution in [3.05, 3.63) is 47.0 Å². The van der Waals surface area contributed by atoms with Crippen molar-refractivity contribution < 1.29 is 19.0 Å². The number of hydrogen-bond acceptors (Lipinski definition) is 8. The van der Waals surface area contributed by atoms with Gasteiger partial charge in [-0.3, -0.25) is 4.79 Å². The first-order chi connectivity index (χ1) is 17.8. The van der Waals surface area contributed by atoms with Crippen molar-refractivity contribution in [2.75, 3.05) is 12.4 Å². The number of carbonyl (C=O) groups is 1. The van der Waals surface area contributed by atoms with Crippen molar-refractivity contribution >= 4 is 34.6 Å². The van der Waals surface area contributed by atoms with Gasteiger partial charge >= 0.3 is 5.97 Å². The molecular formula is C27H28ClN5O4. The van der Waals surface area contributed by atoms with Crippen LogP contribution in [0.15, 0.2) is 30.6 Å². The van der Waals surface area contributed by atoms with E-state index in [-0.39, 0.29) is 30.6 Å². The molecule has 1 N–H and O–H groups in total. The van der Waals surface area contributed by atoms with Gasteiger partial charge in [-0.1, -0.05) is 29.7 Å². The molecule has 3 aromatic rings. The largest absolute Gasteiger partial charge is 0.469 e. The number of aromatic nitrogens is 4. The number of nitrogens with zero attached hydrogens (tertiary/aromatic N) is 4. The van der Waals surface area contributed by atoms with Gasteiger partial charge in [-0.05, 0) is 55.7 Å². The third kappa shape index (κ3) is 4.65. The topological polar surface area (TPSA) is 100 Å². The molecule has 2 aromatic heterocycles. The van der Waals surface area contributed by atoms with Gasteiger partial charge in [0.2, 0.25) is 5.82 Å². The fraction of sp³-hybridized carbons (Fsp3) is 0.481. The molecule has 1 saturated heterocycles. The zero-order valence-corrected chi connectivity index (χ0v) is 21.7. The van der Waals surface area contributed by atoms with Crippen molar-refractivity contribution in [3.8, 4) is 11.8 Å². The Morgan fingerprint density at radius 3 is 2.92 bits per heavy atom. The number of imidazole rings is 1. The summed E-state index contributed by atoms with van der Waals surface area (Å²) in [6.07, 6.45) is 3.54. The van der Waals surface area contributed by atoms with Crippen molar-refractivity contribution in [2.45, 2.75) is 63.7 Å². The summed E-state index contributed by atoms with van der Waals surface area (Å²) < 4.78 is 19.4. The van der Waals surface area contributed by atoms with Gasteiger partial charge in [-0.25, -0.2) is 15.0 Å². The number of hydrogen-bond donors (Lipinski definition) is 1. The van der Waals surface area contributed by atoms with E-state index in [0.29, 0.717) is 52.6 Å². The molecule has 3 heterocycles. The van der Waals surface area contributed by atoms with Gasteiger partial charge in [0.1, 0.15) is 6.10 Å². The van der Waals surface area contributed by atoms with Crippen molar-refractivity contribution in [1.82, 2.24) is 19.5 Å². The molecule has 0 radical (unpaired) electrons. The second kappa shape index (κ2) is 9.28. The molecule has 192 valence electrons. The highest BCUT2D eigenvalue weighted by Gasteiger charge is 2.66. The van der Waals surface area contributed by atoms with Gasteiger partial charge in [-0.2, -0.15) is 0 Å². The fourth-order valence-electron chi connectivity index (χ4n) is 5.58. The Labute approximate surface area is 219 Å². The van der Waals surface area contributed by atoms with Crippen LogP contribution < -0.4 is 5.32 Å². The minimum atomic E-state index is -0.605. The number of anilines is 1. The first-order valence-corrected chi connectivity index (χ1v) is 12.8. The van der Waals surface area contributed by atoms with E-state index >= 15 is 0 Å². The van der Waals surface area contributed by atoms with Crippen molar-refractivity contribution in [2.24, 2.45) is 11.8 Å². The molecule has 0 bridgehead atoms. The number of esters is 1. The van der Waals surface area contributed by atoms with Gasteiger partial charge in [0, 0.05) is 18.0 Å². The molecule has 37 heavy (non-hydrogen) atoms. The highest BCUT2D eigenvalue weighted by atomic mass is 35.5. The number of carbonyl (C=O) groups excluding carboxylic acids is 1. The van der Waals surface area contributed by atoms with Crippen LogP contribution in [0.25, 0.3) is 11.2 Å². The average Bonchev–Trinajstić information content (AvgIpc) is 3.30. The minimum Gasteiger partial charge on any atom is -0.469 e. The summed E-state index contributed by atoms with van der Waals surface area (Å²) in [4.78, 5) is 25.6. The molecule has 9 nitrogen and oxygen atoms in total. The molecule has 6 rings (SSSR count). The molecule has 2 saturated carbocycles. The minimum absolute atomic E-state index is 0.0522. The summed E-state index contributed by atoms with van der Waals surface area (Å²) in [5, 5.41) is 4.06. The molecule has 10 heteroatoms.